The minimum absolute atomic E-state index is 0.627. The Morgan fingerprint density at radius 3 is 2.04 bits per heavy atom. The molecule has 0 spiro atoms. The standard InChI is InChI=1S/C45H29N5/c46-26-29-19-24-43-39(25-29)36-12-2-5-17-41(36)50(43)42-18-6-3-13-38(42)44-31(27-47)9-7-14-34(44)30-20-22-33(23-21-30)49-40-16-4-1-11-35(40)37-15-8-10-32(28-48)45(37)49/h1-6,8,10-20,22,24-25H,7,9,21,23H2. The number of nitriles is 3. The van der Waals surface area contributed by atoms with Gasteiger partial charge >= 0.3 is 0 Å². The van der Waals surface area contributed by atoms with Gasteiger partial charge in [-0.25, -0.2) is 0 Å². The first kappa shape index (κ1) is 29.3. The fourth-order valence-electron chi connectivity index (χ4n) is 8.09. The summed E-state index contributed by atoms with van der Waals surface area (Å²) in [5.74, 6) is 0. The van der Waals surface area contributed by atoms with Crippen molar-refractivity contribution in [1.29, 1.82) is 15.8 Å². The number of para-hydroxylation sites is 4. The summed E-state index contributed by atoms with van der Waals surface area (Å²) in [6, 6.07) is 44.2. The lowest BCUT2D eigenvalue weighted by atomic mass is 9.80. The van der Waals surface area contributed by atoms with E-state index >= 15 is 0 Å². The number of benzene rings is 5. The van der Waals surface area contributed by atoms with Gasteiger partial charge in [0.25, 0.3) is 0 Å². The van der Waals surface area contributed by atoms with Crippen LogP contribution in [0.2, 0.25) is 0 Å². The minimum Gasteiger partial charge on any atom is -0.312 e. The summed E-state index contributed by atoms with van der Waals surface area (Å²) in [7, 11) is 0. The molecule has 0 N–H and O–H groups in total. The van der Waals surface area contributed by atoms with Crippen molar-refractivity contribution >= 4 is 54.9 Å². The van der Waals surface area contributed by atoms with E-state index in [2.05, 4.69) is 112 Å². The van der Waals surface area contributed by atoms with Gasteiger partial charge in [0.15, 0.2) is 0 Å². The average Bonchev–Trinajstić information content (AvgIpc) is 3.70. The minimum atomic E-state index is 0.627. The fraction of sp³-hybridized carbons (Fsp3) is 0.0889. The van der Waals surface area contributed by atoms with Crippen molar-refractivity contribution in [1.82, 2.24) is 9.13 Å². The lowest BCUT2D eigenvalue weighted by Gasteiger charge is -2.26. The van der Waals surface area contributed by atoms with E-state index in [1.165, 1.54) is 5.57 Å². The summed E-state index contributed by atoms with van der Waals surface area (Å²) in [6.45, 7) is 0. The Morgan fingerprint density at radius 1 is 0.560 bits per heavy atom. The van der Waals surface area contributed by atoms with Gasteiger partial charge in [-0.15, -0.1) is 0 Å². The number of fused-ring (bicyclic) bond motifs is 6. The average molecular weight is 640 g/mol. The second-order valence-electron chi connectivity index (χ2n) is 12.9. The number of allylic oxidation sites excluding steroid dienone is 8. The molecule has 2 aliphatic carbocycles. The second kappa shape index (κ2) is 11.7. The largest absolute Gasteiger partial charge is 0.312 e. The molecule has 0 radical (unpaired) electrons. The van der Waals surface area contributed by atoms with E-state index in [1.54, 1.807) is 0 Å². The topological polar surface area (TPSA) is 81.2 Å². The molecule has 5 aromatic carbocycles. The Balaban J connectivity index is 1.21. The van der Waals surface area contributed by atoms with Crippen LogP contribution in [0.5, 0.6) is 0 Å². The van der Waals surface area contributed by atoms with Crippen LogP contribution in [0, 0.1) is 34.0 Å². The first-order valence-corrected chi connectivity index (χ1v) is 16.9. The highest BCUT2D eigenvalue weighted by atomic mass is 15.0. The van der Waals surface area contributed by atoms with Crippen molar-refractivity contribution in [3.63, 3.8) is 0 Å². The van der Waals surface area contributed by atoms with Crippen LogP contribution in [0.1, 0.15) is 42.4 Å². The van der Waals surface area contributed by atoms with Crippen LogP contribution in [-0.4, -0.2) is 9.13 Å². The van der Waals surface area contributed by atoms with Crippen LogP contribution >= 0.6 is 0 Å². The molecule has 9 rings (SSSR count). The van der Waals surface area contributed by atoms with Crippen LogP contribution in [0.15, 0.2) is 144 Å². The molecule has 0 fully saturated rings. The third kappa shape index (κ3) is 4.37. The van der Waals surface area contributed by atoms with Crippen LogP contribution in [-0.2, 0) is 0 Å². The maximum absolute atomic E-state index is 10.5. The van der Waals surface area contributed by atoms with Gasteiger partial charge in [-0.3, -0.25) is 0 Å². The molecule has 0 unspecified atom stereocenters. The maximum atomic E-state index is 10.5. The summed E-state index contributed by atoms with van der Waals surface area (Å²) in [6.07, 6.45) is 9.81. The Kier molecular flexibility index (Phi) is 6.84. The zero-order valence-electron chi connectivity index (χ0n) is 27.2. The Hall–Kier alpha value is -6.87. The molecular formula is C45H29N5. The van der Waals surface area contributed by atoms with E-state index in [9.17, 15) is 15.8 Å². The molecule has 0 atom stereocenters. The van der Waals surface area contributed by atoms with Gasteiger partial charge in [0.05, 0.1) is 51.0 Å². The van der Waals surface area contributed by atoms with Gasteiger partial charge in [0, 0.05) is 44.0 Å². The summed E-state index contributed by atoms with van der Waals surface area (Å²) in [5, 5.41) is 34.6. The summed E-state index contributed by atoms with van der Waals surface area (Å²) >= 11 is 0. The molecule has 0 saturated heterocycles. The van der Waals surface area contributed by atoms with Crippen molar-refractivity contribution in [2.24, 2.45) is 0 Å². The zero-order valence-corrected chi connectivity index (χ0v) is 27.2. The molecular weight excluding hydrogens is 611 g/mol. The molecule has 7 aromatic rings. The van der Waals surface area contributed by atoms with Gasteiger partial charge in [-0.05, 0) is 85.4 Å². The van der Waals surface area contributed by atoms with Crippen molar-refractivity contribution in [2.45, 2.75) is 25.7 Å². The van der Waals surface area contributed by atoms with E-state index in [0.29, 0.717) is 17.5 Å². The van der Waals surface area contributed by atoms with Crippen LogP contribution < -0.4 is 0 Å². The lowest BCUT2D eigenvalue weighted by molar-refractivity contribution is 0.921. The van der Waals surface area contributed by atoms with E-state index < -0.39 is 0 Å². The zero-order chi connectivity index (χ0) is 33.8. The molecule has 50 heavy (non-hydrogen) atoms. The number of aromatic nitrogens is 2. The molecule has 5 heteroatoms. The van der Waals surface area contributed by atoms with Crippen molar-refractivity contribution in [3.05, 3.63) is 161 Å². The first-order valence-electron chi connectivity index (χ1n) is 16.9. The van der Waals surface area contributed by atoms with Gasteiger partial charge in [-0.2, -0.15) is 15.8 Å². The van der Waals surface area contributed by atoms with Crippen LogP contribution in [0.3, 0.4) is 0 Å². The van der Waals surface area contributed by atoms with Gasteiger partial charge in [0.2, 0.25) is 0 Å². The van der Waals surface area contributed by atoms with Gasteiger partial charge in [-0.1, -0.05) is 78.9 Å². The third-order valence-electron chi connectivity index (χ3n) is 10.2. The number of hydrogen-bond acceptors (Lipinski definition) is 3. The highest BCUT2D eigenvalue weighted by Crippen LogP contribution is 2.45. The van der Waals surface area contributed by atoms with E-state index in [4.69, 9.17) is 0 Å². The third-order valence-corrected chi connectivity index (χ3v) is 10.2. The summed E-state index contributed by atoms with van der Waals surface area (Å²) in [5.41, 5.74) is 12.7. The number of nitrogens with zero attached hydrogens (tertiary/aromatic N) is 5. The quantitative estimate of drug-likeness (QED) is 0.192. The SMILES string of the molecule is N#CC1=C(c2ccccc2-n2c3ccccc3c3cc(C#N)ccc32)C(C2=CC=C(n3c4ccccc4c4cccc(C#N)c43)CC2)=CCC1. The highest BCUT2D eigenvalue weighted by molar-refractivity contribution is 6.12. The molecule has 0 aliphatic heterocycles. The number of hydrogen-bond donors (Lipinski definition) is 0. The Bertz CT molecular complexity index is 2850. The maximum Gasteiger partial charge on any atom is 0.101 e. The highest BCUT2D eigenvalue weighted by Gasteiger charge is 2.26. The Morgan fingerprint density at radius 2 is 1.28 bits per heavy atom. The molecule has 2 aliphatic rings. The Labute approximate surface area is 289 Å². The van der Waals surface area contributed by atoms with Crippen LogP contribution in [0.25, 0.3) is 60.6 Å². The fourth-order valence-corrected chi connectivity index (χ4v) is 8.09. The van der Waals surface area contributed by atoms with Crippen LogP contribution in [0.4, 0.5) is 0 Å². The second-order valence-corrected chi connectivity index (χ2v) is 12.9. The lowest BCUT2D eigenvalue weighted by Crippen LogP contribution is -2.09. The van der Waals surface area contributed by atoms with E-state index in [0.717, 1.165) is 96.5 Å². The molecule has 234 valence electrons. The predicted octanol–water partition coefficient (Wildman–Crippen LogP) is 10.9. The molecule has 5 nitrogen and oxygen atoms in total. The van der Waals surface area contributed by atoms with Crippen molar-refractivity contribution < 1.29 is 0 Å². The molecule has 0 saturated carbocycles. The monoisotopic (exact) mass is 639 g/mol. The number of rotatable bonds is 4. The van der Waals surface area contributed by atoms with E-state index in [1.807, 2.05) is 42.5 Å². The molecule has 0 amide bonds. The molecule has 2 heterocycles. The molecule has 0 bridgehead atoms. The van der Waals surface area contributed by atoms with Gasteiger partial charge < -0.3 is 9.13 Å². The summed E-state index contributed by atoms with van der Waals surface area (Å²) < 4.78 is 4.54. The smallest absolute Gasteiger partial charge is 0.101 e. The van der Waals surface area contributed by atoms with Gasteiger partial charge in [0.1, 0.15) is 6.07 Å². The first-order chi connectivity index (χ1) is 24.7. The van der Waals surface area contributed by atoms with E-state index in [-0.39, 0.29) is 0 Å². The van der Waals surface area contributed by atoms with Crippen molar-refractivity contribution in [2.75, 3.05) is 0 Å². The molecule has 2 aromatic heterocycles. The van der Waals surface area contributed by atoms with Crippen molar-refractivity contribution in [3.8, 4) is 23.9 Å². The predicted molar refractivity (Wildman–Crippen MR) is 201 cm³/mol. The normalized spacial score (nSPS) is 14.7. The summed E-state index contributed by atoms with van der Waals surface area (Å²) in [4.78, 5) is 0.